The van der Waals surface area contributed by atoms with Gasteiger partial charge >= 0.3 is 0 Å². The number of hydrogen-bond acceptors (Lipinski definition) is 4. The number of piperidine rings is 1. The molecule has 1 saturated heterocycles. The van der Waals surface area contributed by atoms with Gasteiger partial charge in [-0.1, -0.05) is 26.0 Å². The Hall–Kier alpha value is -2.25. The number of hydrogen-bond donors (Lipinski definition) is 1. The summed E-state index contributed by atoms with van der Waals surface area (Å²) in [5.41, 5.74) is 1.08. The van der Waals surface area contributed by atoms with Gasteiger partial charge in [0.2, 0.25) is 10.0 Å². The number of rotatable bonds is 4. The first-order valence-electron chi connectivity index (χ1n) is 9.11. The molecule has 2 aromatic rings. The third kappa shape index (κ3) is 4.54. The zero-order chi connectivity index (χ0) is 19.6. The molecule has 0 spiro atoms. The lowest BCUT2D eigenvalue weighted by Gasteiger charge is -2.34. The smallest absolute Gasteiger partial charge is 0.256 e. The van der Waals surface area contributed by atoms with Crippen LogP contribution in [0.4, 0.5) is 5.82 Å². The van der Waals surface area contributed by atoms with E-state index in [1.807, 2.05) is 13.0 Å². The Labute approximate surface area is 160 Å². The van der Waals surface area contributed by atoms with E-state index in [4.69, 9.17) is 0 Å². The van der Waals surface area contributed by atoms with Crippen LogP contribution in [-0.4, -0.2) is 36.7 Å². The predicted molar refractivity (Wildman–Crippen MR) is 105 cm³/mol. The molecular formula is C20H25N3O3S. The molecule has 0 saturated carbocycles. The van der Waals surface area contributed by atoms with Crippen LogP contribution in [0.1, 0.15) is 36.3 Å². The fraction of sp³-hybridized carbons (Fsp3) is 0.400. The van der Waals surface area contributed by atoms with E-state index < -0.39 is 10.0 Å². The van der Waals surface area contributed by atoms with Crippen LogP contribution in [-0.2, 0) is 10.0 Å². The van der Waals surface area contributed by atoms with Gasteiger partial charge in [-0.15, -0.1) is 0 Å². The number of nitrogens with zero attached hydrogens (tertiary/aromatic N) is 2. The first kappa shape index (κ1) is 19.5. The summed E-state index contributed by atoms with van der Waals surface area (Å²) in [5, 5.41) is 2.71. The van der Waals surface area contributed by atoms with Gasteiger partial charge in [0.15, 0.2) is 0 Å². The van der Waals surface area contributed by atoms with Gasteiger partial charge in [-0.25, -0.2) is 13.4 Å². The van der Waals surface area contributed by atoms with Gasteiger partial charge in [-0.05, 0) is 55.5 Å². The number of sulfonamides is 1. The number of nitrogens with one attached hydrogen (secondary N) is 1. The fourth-order valence-corrected chi connectivity index (χ4v) is 5.28. The number of aromatic nitrogens is 1. The maximum atomic E-state index is 13.0. The Morgan fingerprint density at radius 2 is 1.78 bits per heavy atom. The molecule has 1 aliphatic heterocycles. The van der Waals surface area contributed by atoms with Crippen molar-refractivity contribution in [3.05, 3.63) is 53.7 Å². The highest BCUT2D eigenvalue weighted by Gasteiger charge is 2.31. The Morgan fingerprint density at radius 1 is 1.11 bits per heavy atom. The number of benzene rings is 1. The lowest BCUT2D eigenvalue weighted by atomic mass is 9.94. The van der Waals surface area contributed by atoms with Crippen molar-refractivity contribution in [3.63, 3.8) is 0 Å². The van der Waals surface area contributed by atoms with Gasteiger partial charge in [-0.2, -0.15) is 4.31 Å². The lowest BCUT2D eigenvalue weighted by molar-refractivity contribution is 0.102. The zero-order valence-electron chi connectivity index (χ0n) is 15.8. The SMILES string of the molecule is Cc1cccc(NC(=O)c2cccc(S(=O)(=O)N3CC(C)CC(C)C3)c2)n1. The molecule has 1 aromatic heterocycles. The largest absolute Gasteiger partial charge is 0.307 e. The Morgan fingerprint density at radius 3 is 2.44 bits per heavy atom. The summed E-state index contributed by atoms with van der Waals surface area (Å²) in [5.74, 6) is 0.697. The van der Waals surface area contributed by atoms with E-state index >= 15 is 0 Å². The molecule has 2 atom stereocenters. The van der Waals surface area contributed by atoms with Crippen LogP contribution in [0, 0.1) is 18.8 Å². The molecule has 1 amide bonds. The molecule has 1 aliphatic rings. The average molecular weight is 388 g/mol. The molecule has 144 valence electrons. The molecule has 0 radical (unpaired) electrons. The maximum absolute atomic E-state index is 13.0. The van der Waals surface area contributed by atoms with Crippen molar-refractivity contribution in [1.29, 1.82) is 0 Å². The van der Waals surface area contributed by atoms with E-state index in [9.17, 15) is 13.2 Å². The lowest BCUT2D eigenvalue weighted by Crippen LogP contribution is -2.42. The molecule has 0 aliphatic carbocycles. The Bertz CT molecular complexity index is 933. The standard InChI is InChI=1S/C20H25N3O3S/c1-14-10-15(2)13-23(12-14)27(25,26)18-8-5-7-17(11-18)20(24)22-19-9-4-6-16(3)21-19/h4-9,11,14-15H,10,12-13H2,1-3H3,(H,21,22,24). The van der Waals surface area contributed by atoms with Crippen LogP contribution in [0.2, 0.25) is 0 Å². The third-order valence-corrected chi connectivity index (χ3v) is 6.53. The number of pyridine rings is 1. The summed E-state index contributed by atoms with van der Waals surface area (Å²) in [6.07, 6.45) is 1.03. The second kappa shape index (κ2) is 7.78. The normalized spacial score (nSPS) is 21.0. The van der Waals surface area contributed by atoms with Crippen molar-refractivity contribution >= 4 is 21.7 Å². The van der Waals surface area contributed by atoms with E-state index in [1.165, 1.54) is 10.4 Å². The minimum atomic E-state index is -3.63. The molecule has 2 heterocycles. The second-order valence-electron chi connectivity index (χ2n) is 7.41. The van der Waals surface area contributed by atoms with Gasteiger partial charge in [0.05, 0.1) is 4.90 Å². The first-order valence-corrected chi connectivity index (χ1v) is 10.5. The van der Waals surface area contributed by atoms with Crippen molar-refractivity contribution in [2.75, 3.05) is 18.4 Å². The summed E-state index contributed by atoms with van der Waals surface area (Å²) >= 11 is 0. The molecule has 1 N–H and O–H groups in total. The van der Waals surface area contributed by atoms with Gasteiger partial charge in [0.1, 0.15) is 5.82 Å². The summed E-state index contributed by atoms with van der Waals surface area (Å²) in [4.78, 5) is 16.9. The number of carbonyl (C=O) groups excluding carboxylic acids is 1. The monoisotopic (exact) mass is 387 g/mol. The van der Waals surface area contributed by atoms with Crippen LogP contribution < -0.4 is 5.32 Å². The first-order chi connectivity index (χ1) is 12.8. The quantitative estimate of drug-likeness (QED) is 0.873. The molecule has 1 fully saturated rings. The van der Waals surface area contributed by atoms with Gasteiger partial charge < -0.3 is 5.32 Å². The Balaban J connectivity index is 1.83. The molecule has 1 aromatic carbocycles. The van der Waals surface area contributed by atoms with E-state index in [-0.39, 0.29) is 16.4 Å². The average Bonchev–Trinajstić information content (AvgIpc) is 2.61. The second-order valence-corrected chi connectivity index (χ2v) is 9.35. The van der Waals surface area contributed by atoms with Gasteiger partial charge in [0, 0.05) is 24.3 Å². The minimum absolute atomic E-state index is 0.147. The van der Waals surface area contributed by atoms with Crippen LogP contribution in [0.25, 0.3) is 0 Å². The third-order valence-electron chi connectivity index (χ3n) is 4.70. The number of anilines is 1. The summed E-state index contributed by atoms with van der Waals surface area (Å²) in [6.45, 7) is 6.99. The highest BCUT2D eigenvalue weighted by Crippen LogP contribution is 2.27. The van der Waals surface area contributed by atoms with Crippen molar-refractivity contribution in [2.45, 2.75) is 32.1 Å². The predicted octanol–water partition coefficient (Wildman–Crippen LogP) is 3.31. The van der Waals surface area contributed by atoms with Crippen LogP contribution >= 0.6 is 0 Å². The molecule has 27 heavy (non-hydrogen) atoms. The highest BCUT2D eigenvalue weighted by atomic mass is 32.2. The minimum Gasteiger partial charge on any atom is -0.307 e. The van der Waals surface area contributed by atoms with Crippen molar-refractivity contribution < 1.29 is 13.2 Å². The molecule has 6 nitrogen and oxygen atoms in total. The van der Waals surface area contributed by atoms with Crippen LogP contribution in [0.15, 0.2) is 47.4 Å². The number of aryl methyl sites for hydroxylation is 1. The molecule has 0 bridgehead atoms. The van der Waals surface area contributed by atoms with E-state index in [0.29, 0.717) is 30.7 Å². The van der Waals surface area contributed by atoms with Crippen molar-refractivity contribution in [3.8, 4) is 0 Å². The fourth-order valence-electron chi connectivity index (χ4n) is 3.55. The van der Waals surface area contributed by atoms with E-state index in [0.717, 1.165) is 12.1 Å². The van der Waals surface area contributed by atoms with E-state index in [1.54, 1.807) is 30.3 Å². The summed E-state index contributed by atoms with van der Waals surface area (Å²) in [6, 6.07) is 11.5. The molecular weight excluding hydrogens is 362 g/mol. The summed E-state index contributed by atoms with van der Waals surface area (Å²) in [7, 11) is -3.63. The summed E-state index contributed by atoms with van der Waals surface area (Å²) < 4.78 is 27.6. The maximum Gasteiger partial charge on any atom is 0.256 e. The van der Waals surface area contributed by atoms with Crippen molar-refractivity contribution in [2.24, 2.45) is 11.8 Å². The van der Waals surface area contributed by atoms with Crippen LogP contribution in [0.5, 0.6) is 0 Å². The van der Waals surface area contributed by atoms with Crippen molar-refractivity contribution in [1.82, 2.24) is 9.29 Å². The van der Waals surface area contributed by atoms with Gasteiger partial charge in [-0.3, -0.25) is 4.79 Å². The Kier molecular flexibility index (Phi) is 5.62. The highest BCUT2D eigenvalue weighted by molar-refractivity contribution is 7.89. The molecule has 7 heteroatoms. The topological polar surface area (TPSA) is 79.4 Å². The van der Waals surface area contributed by atoms with Crippen LogP contribution in [0.3, 0.4) is 0 Å². The zero-order valence-corrected chi connectivity index (χ0v) is 16.7. The molecule has 2 unspecified atom stereocenters. The van der Waals surface area contributed by atoms with Gasteiger partial charge in [0.25, 0.3) is 5.91 Å². The number of amides is 1. The van der Waals surface area contributed by atoms with E-state index in [2.05, 4.69) is 24.1 Å². The molecule has 3 rings (SSSR count). The number of carbonyl (C=O) groups is 1.